The Labute approximate surface area is 206 Å². The smallest absolute Gasteiger partial charge is 0.184 e. The summed E-state index contributed by atoms with van der Waals surface area (Å²) in [5, 5.41) is 0. The molecule has 3 aromatic carbocycles. The van der Waals surface area contributed by atoms with Crippen LogP contribution in [0.5, 0.6) is 0 Å². The van der Waals surface area contributed by atoms with E-state index in [1.165, 1.54) is 53.5 Å². The van der Waals surface area contributed by atoms with E-state index in [4.69, 9.17) is 0 Å². The molecule has 0 aliphatic heterocycles. The Hall–Kier alpha value is -0.535. The maximum absolute atomic E-state index is 3.07. The Balaban J connectivity index is 0.00000196. The third-order valence-electron chi connectivity index (χ3n) is 5.67. The molecule has 1 heteroatoms. The van der Waals surface area contributed by atoms with Crippen molar-refractivity contribution in [3.8, 4) is 22.3 Å². The molecule has 0 aromatic heterocycles. The van der Waals surface area contributed by atoms with Crippen LogP contribution in [0, 0.1) is 12.0 Å². The fourth-order valence-electron chi connectivity index (χ4n) is 3.98. The van der Waals surface area contributed by atoms with Crippen LogP contribution in [0.3, 0.4) is 0 Å². The second-order valence-electron chi connectivity index (χ2n) is 7.44. The molecule has 0 nitrogen and oxygen atoms in total. The zero-order valence-electron chi connectivity index (χ0n) is 15.9. The second-order valence-corrected chi connectivity index (χ2v) is 7.44. The molecule has 0 bridgehead atoms. The van der Waals surface area contributed by atoms with Crippen LogP contribution in [0.2, 0.25) is 0 Å². The Morgan fingerprint density at radius 1 is 0.615 bits per heavy atom. The van der Waals surface area contributed by atoms with Gasteiger partial charge < -0.3 is 0 Å². The van der Waals surface area contributed by atoms with Crippen molar-refractivity contribution in [2.45, 2.75) is 38.5 Å². The van der Waals surface area contributed by atoms with Crippen LogP contribution >= 0.6 is 0 Å². The summed E-state index contributed by atoms with van der Waals surface area (Å²) in [7, 11) is 0. The molecular formula is C25H25Rb. The van der Waals surface area contributed by atoms with E-state index in [0.29, 0.717) is 0 Å². The first-order chi connectivity index (χ1) is 12.3. The van der Waals surface area contributed by atoms with E-state index in [9.17, 15) is 0 Å². The second kappa shape index (κ2) is 9.60. The minimum absolute atomic E-state index is 0. The van der Waals surface area contributed by atoms with E-state index in [2.05, 4.69) is 73.7 Å². The van der Waals surface area contributed by atoms with E-state index in [-0.39, 0.29) is 58.2 Å². The third kappa shape index (κ3) is 4.84. The van der Waals surface area contributed by atoms with Crippen molar-refractivity contribution in [1.29, 1.82) is 0 Å². The predicted molar refractivity (Wildman–Crippen MR) is 107 cm³/mol. The molecular weight excluding hydrogens is 386 g/mol. The van der Waals surface area contributed by atoms with Gasteiger partial charge in [-0.2, -0.15) is 30.3 Å². The zero-order chi connectivity index (χ0) is 17.1. The fourth-order valence-corrected chi connectivity index (χ4v) is 3.98. The molecule has 0 heterocycles. The molecule has 0 unspecified atom stereocenters. The largest absolute Gasteiger partial charge is 1.00 e. The van der Waals surface area contributed by atoms with Crippen LogP contribution in [0.15, 0.2) is 72.8 Å². The van der Waals surface area contributed by atoms with Crippen molar-refractivity contribution in [3.05, 3.63) is 84.4 Å². The molecule has 1 fully saturated rings. The first kappa shape index (κ1) is 20.2. The maximum atomic E-state index is 3.07. The minimum atomic E-state index is 0. The predicted octanol–water partition coefficient (Wildman–Crippen LogP) is 4.12. The van der Waals surface area contributed by atoms with E-state index >= 15 is 0 Å². The number of hydrogen-bond acceptors (Lipinski definition) is 0. The molecule has 0 spiro atoms. The van der Waals surface area contributed by atoms with Crippen molar-refractivity contribution in [1.82, 2.24) is 0 Å². The monoisotopic (exact) mass is 410 g/mol. The van der Waals surface area contributed by atoms with Crippen molar-refractivity contribution < 1.29 is 58.2 Å². The molecule has 1 saturated carbocycles. The van der Waals surface area contributed by atoms with Crippen LogP contribution in [0.25, 0.3) is 22.3 Å². The van der Waals surface area contributed by atoms with Gasteiger partial charge in [-0.15, -0.1) is 5.56 Å². The zero-order valence-corrected chi connectivity index (χ0v) is 20.8. The van der Waals surface area contributed by atoms with Crippen LogP contribution in [0.1, 0.15) is 44.1 Å². The van der Waals surface area contributed by atoms with Crippen molar-refractivity contribution in [2.75, 3.05) is 0 Å². The Bertz CT molecular complexity index is 795. The molecule has 0 N–H and O–H groups in total. The van der Waals surface area contributed by atoms with Crippen LogP contribution in [-0.4, -0.2) is 0 Å². The summed E-state index contributed by atoms with van der Waals surface area (Å²) in [6.07, 6.45) is 5.46. The summed E-state index contributed by atoms with van der Waals surface area (Å²) in [6.45, 7) is 2.39. The summed E-state index contributed by atoms with van der Waals surface area (Å²) in [5.74, 6) is 1.68. The molecule has 1 aliphatic rings. The number of hydrogen-bond donors (Lipinski definition) is 0. The van der Waals surface area contributed by atoms with Gasteiger partial charge in [0.1, 0.15) is 0 Å². The molecule has 3 aromatic rings. The third-order valence-corrected chi connectivity index (χ3v) is 5.67. The van der Waals surface area contributed by atoms with E-state index < -0.39 is 0 Å². The van der Waals surface area contributed by atoms with E-state index in [0.717, 1.165) is 11.8 Å². The van der Waals surface area contributed by atoms with E-state index in [1.54, 1.807) is 0 Å². The normalized spacial score (nSPS) is 19.6. The minimum Gasteiger partial charge on any atom is -0.184 e. The van der Waals surface area contributed by atoms with Gasteiger partial charge in [0.2, 0.25) is 0 Å². The average Bonchev–Trinajstić information content (AvgIpc) is 2.70. The molecule has 0 radical (unpaired) electrons. The number of rotatable bonds is 3. The van der Waals surface area contributed by atoms with Gasteiger partial charge >= 0.3 is 58.2 Å². The Morgan fingerprint density at radius 2 is 1.04 bits per heavy atom. The van der Waals surface area contributed by atoms with Gasteiger partial charge in [0.25, 0.3) is 0 Å². The maximum Gasteiger partial charge on any atom is 1.00 e. The summed E-state index contributed by atoms with van der Waals surface area (Å²) in [4.78, 5) is 0. The van der Waals surface area contributed by atoms with Crippen molar-refractivity contribution in [2.24, 2.45) is 5.92 Å². The quantitative estimate of drug-likeness (QED) is 0.570. The first-order valence-electron chi connectivity index (χ1n) is 9.46. The summed E-state index contributed by atoms with van der Waals surface area (Å²) in [5.41, 5.74) is 6.61. The molecule has 126 valence electrons. The number of benzene rings is 3. The van der Waals surface area contributed by atoms with Crippen molar-refractivity contribution >= 4 is 0 Å². The van der Waals surface area contributed by atoms with Gasteiger partial charge in [0, 0.05) is 0 Å². The average molecular weight is 411 g/mol. The molecule has 0 amide bonds. The summed E-state index contributed by atoms with van der Waals surface area (Å²) in [6, 6.07) is 29.4. The molecule has 1 aliphatic carbocycles. The topological polar surface area (TPSA) is 0 Å². The molecule has 0 saturated heterocycles. The van der Waals surface area contributed by atoms with E-state index in [1.807, 2.05) is 12.1 Å². The Morgan fingerprint density at radius 3 is 1.54 bits per heavy atom. The van der Waals surface area contributed by atoms with Crippen LogP contribution in [0.4, 0.5) is 0 Å². The standard InChI is InChI=1S/C25H25.Rb/c1-19-7-9-21(10-8-19)23-15-17-25(18-16-23)24-13-11-22(12-14-24)20-5-3-2-4-6-20;/h3-6,11-19,21H,7-10H2,1H3;/q-1;+1. The van der Waals surface area contributed by atoms with Gasteiger partial charge in [0.05, 0.1) is 0 Å². The summed E-state index contributed by atoms with van der Waals surface area (Å²) >= 11 is 0. The SMILES string of the molecule is CC1CCC(c2ccc(-c3ccc(-c4cc[c-]cc4)cc3)cc2)CC1.[Rb+]. The molecule has 26 heavy (non-hydrogen) atoms. The molecule has 0 atom stereocenters. The van der Waals surface area contributed by atoms with Gasteiger partial charge in [0.15, 0.2) is 0 Å². The Kier molecular flexibility index (Phi) is 7.46. The summed E-state index contributed by atoms with van der Waals surface area (Å²) < 4.78 is 0. The first-order valence-corrected chi connectivity index (χ1v) is 9.46. The van der Waals surface area contributed by atoms with Crippen molar-refractivity contribution in [3.63, 3.8) is 0 Å². The van der Waals surface area contributed by atoms with Gasteiger partial charge in [-0.25, -0.2) is 0 Å². The van der Waals surface area contributed by atoms with Crippen LogP contribution < -0.4 is 58.2 Å². The van der Waals surface area contributed by atoms with Crippen LogP contribution in [-0.2, 0) is 0 Å². The van der Waals surface area contributed by atoms with Gasteiger partial charge in [-0.1, -0.05) is 68.3 Å². The van der Waals surface area contributed by atoms with Gasteiger partial charge in [-0.05, 0) is 46.9 Å². The van der Waals surface area contributed by atoms with Gasteiger partial charge in [-0.3, -0.25) is 0 Å². The molecule has 4 rings (SSSR count). The fraction of sp³-hybridized carbons (Fsp3) is 0.280.